The lowest BCUT2D eigenvalue weighted by atomic mass is 10.1. The largest absolute Gasteiger partial charge is 0.416 e. The molecule has 3 nitrogen and oxygen atoms in total. The Labute approximate surface area is 147 Å². The Bertz CT molecular complexity index is 850. The van der Waals surface area contributed by atoms with Gasteiger partial charge in [0, 0.05) is 18.2 Å². The molecule has 0 atom stereocenters. The first kappa shape index (κ1) is 17.2. The Kier molecular flexibility index (Phi) is 4.90. The second kappa shape index (κ2) is 7.11. The van der Waals surface area contributed by atoms with Crippen LogP contribution in [-0.4, -0.2) is 9.97 Å². The minimum Gasteiger partial charge on any atom is -0.366 e. The molecule has 0 radical (unpaired) electrons. The van der Waals surface area contributed by atoms with Crippen LogP contribution < -0.4 is 5.32 Å². The van der Waals surface area contributed by atoms with Crippen molar-refractivity contribution in [3.63, 3.8) is 0 Å². The molecule has 0 aliphatic carbocycles. The molecule has 0 bridgehead atoms. The average Bonchev–Trinajstić information content (AvgIpc) is 2.60. The molecule has 0 aliphatic rings. The van der Waals surface area contributed by atoms with Gasteiger partial charge in [0.25, 0.3) is 0 Å². The van der Waals surface area contributed by atoms with Crippen molar-refractivity contribution >= 4 is 17.4 Å². The number of halogens is 4. The highest BCUT2D eigenvalue weighted by atomic mass is 35.5. The molecule has 128 valence electrons. The van der Waals surface area contributed by atoms with Gasteiger partial charge in [-0.1, -0.05) is 54.1 Å². The first-order chi connectivity index (χ1) is 11.9. The van der Waals surface area contributed by atoms with Gasteiger partial charge in [0.1, 0.15) is 11.0 Å². The lowest BCUT2D eigenvalue weighted by molar-refractivity contribution is -0.137. The molecule has 1 heterocycles. The third-order valence-electron chi connectivity index (χ3n) is 3.48. The van der Waals surface area contributed by atoms with Crippen LogP contribution in [0.4, 0.5) is 19.0 Å². The number of rotatable bonds is 4. The van der Waals surface area contributed by atoms with E-state index in [9.17, 15) is 13.2 Å². The third kappa shape index (κ3) is 4.48. The monoisotopic (exact) mass is 363 g/mol. The maximum absolute atomic E-state index is 12.6. The molecule has 3 rings (SSSR count). The Hall–Kier alpha value is -2.60. The topological polar surface area (TPSA) is 37.8 Å². The van der Waals surface area contributed by atoms with Gasteiger partial charge in [-0.25, -0.2) is 9.97 Å². The Morgan fingerprint density at radius 2 is 1.60 bits per heavy atom. The molecule has 25 heavy (non-hydrogen) atoms. The van der Waals surface area contributed by atoms with Crippen LogP contribution in [0.2, 0.25) is 5.15 Å². The van der Waals surface area contributed by atoms with Gasteiger partial charge >= 0.3 is 6.18 Å². The summed E-state index contributed by atoms with van der Waals surface area (Å²) in [5.74, 6) is 0.760. The maximum atomic E-state index is 12.6. The summed E-state index contributed by atoms with van der Waals surface area (Å²) in [6.07, 6.45) is -4.38. The van der Waals surface area contributed by atoms with E-state index in [1.165, 1.54) is 12.1 Å². The lowest BCUT2D eigenvalue weighted by Crippen LogP contribution is -2.05. The number of benzene rings is 2. The zero-order valence-electron chi connectivity index (χ0n) is 12.9. The van der Waals surface area contributed by atoms with Crippen molar-refractivity contribution in [2.24, 2.45) is 0 Å². The summed E-state index contributed by atoms with van der Waals surface area (Å²) >= 11 is 6.01. The molecule has 0 unspecified atom stereocenters. The van der Waals surface area contributed by atoms with Crippen molar-refractivity contribution in [2.75, 3.05) is 5.32 Å². The van der Waals surface area contributed by atoms with Crippen molar-refractivity contribution in [1.29, 1.82) is 0 Å². The van der Waals surface area contributed by atoms with Crippen molar-refractivity contribution in [1.82, 2.24) is 9.97 Å². The second-order valence-electron chi connectivity index (χ2n) is 5.31. The molecular weight excluding hydrogens is 351 g/mol. The van der Waals surface area contributed by atoms with E-state index in [0.29, 0.717) is 17.9 Å². The van der Waals surface area contributed by atoms with Crippen LogP contribution in [0.25, 0.3) is 11.4 Å². The SMILES string of the molecule is FC(F)(F)c1ccc(-c2nc(Cl)cc(NCc3ccccc3)n2)cc1. The molecule has 0 spiro atoms. The minimum atomic E-state index is -4.38. The van der Waals surface area contributed by atoms with E-state index in [4.69, 9.17) is 11.6 Å². The predicted molar refractivity (Wildman–Crippen MR) is 91.2 cm³/mol. The van der Waals surface area contributed by atoms with Crippen molar-refractivity contribution in [3.8, 4) is 11.4 Å². The van der Waals surface area contributed by atoms with E-state index in [0.717, 1.165) is 17.7 Å². The van der Waals surface area contributed by atoms with Gasteiger partial charge in [0.15, 0.2) is 5.82 Å². The van der Waals surface area contributed by atoms with E-state index in [1.807, 2.05) is 30.3 Å². The number of anilines is 1. The van der Waals surface area contributed by atoms with Crippen molar-refractivity contribution in [2.45, 2.75) is 12.7 Å². The van der Waals surface area contributed by atoms with E-state index in [-0.39, 0.29) is 11.0 Å². The first-order valence-electron chi connectivity index (χ1n) is 7.42. The summed E-state index contributed by atoms with van der Waals surface area (Å²) in [4.78, 5) is 8.41. The molecule has 1 aromatic heterocycles. The van der Waals surface area contributed by atoms with Crippen LogP contribution in [-0.2, 0) is 12.7 Å². The highest BCUT2D eigenvalue weighted by molar-refractivity contribution is 6.29. The molecular formula is C18H13ClF3N3. The molecule has 3 aromatic rings. The highest BCUT2D eigenvalue weighted by Gasteiger charge is 2.30. The summed E-state index contributed by atoms with van der Waals surface area (Å²) in [5, 5.41) is 3.34. The molecule has 0 saturated heterocycles. The molecule has 2 aromatic carbocycles. The van der Waals surface area contributed by atoms with Crippen molar-refractivity contribution in [3.05, 3.63) is 76.9 Å². The summed E-state index contributed by atoms with van der Waals surface area (Å²) in [7, 11) is 0. The van der Waals surface area contributed by atoms with E-state index < -0.39 is 11.7 Å². The summed E-state index contributed by atoms with van der Waals surface area (Å²) in [5.41, 5.74) is 0.798. The number of hydrogen-bond acceptors (Lipinski definition) is 3. The predicted octanol–water partition coefficient (Wildman–Crippen LogP) is 5.43. The minimum absolute atomic E-state index is 0.209. The van der Waals surface area contributed by atoms with E-state index in [1.54, 1.807) is 6.07 Å². The van der Waals surface area contributed by atoms with Crippen molar-refractivity contribution < 1.29 is 13.2 Å². The molecule has 0 aliphatic heterocycles. The zero-order chi connectivity index (χ0) is 17.9. The molecule has 7 heteroatoms. The van der Waals surface area contributed by atoms with Gasteiger partial charge in [-0.3, -0.25) is 0 Å². The fraction of sp³-hybridized carbons (Fsp3) is 0.111. The average molecular weight is 364 g/mol. The fourth-order valence-electron chi connectivity index (χ4n) is 2.23. The van der Waals surface area contributed by atoms with Crippen LogP contribution in [0.15, 0.2) is 60.7 Å². The number of aromatic nitrogens is 2. The van der Waals surface area contributed by atoms with Gasteiger partial charge < -0.3 is 5.32 Å². The van der Waals surface area contributed by atoms with Gasteiger partial charge in [0.05, 0.1) is 5.56 Å². The molecule has 0 amide bonds. The Morgan fingerprint density at radius 1 is 0.920 bits per heavy atom. The zero-order valence-corrected chi connectivity index (χ0v) is 13.6. The van der Waals surface area contributed by atoms with Crippen LogP contribution in [0, 0.1) is 0 Å². The fourth-order valence-corrected chi connectivity index (χ4v) is 2.42. The lowest BCUT2D eigenvalue weighted by Gasteiger charge is -2.10. The quantitative estimate of drug-likeness (QED) is 0.628. The van der Waals surface area contributed by atoms with Gasteiger partial charge in [-0.2, -0.15) is 13.2 Å². The number of hydrogen-bond donors (Lipinski definition) is 1. The first-order valence-corrected chi connectivity index (χ1v) is 7.79. The number of nitrogens with zero attached hydrogens (tertiary/aromatic N) is 2. The van der Waals surface area contributed by atoms with Gasteiger partial charge in [-0.05, 0) is 17.7 Å². The summed E-state index contributed by atoms with van der Waals surface area (Å²) in [6.45, 7) is 0.542. The highest BCUT2D eigenvalue weighted by Crippen LogP contribution is 2.30. The second-order valence-corrected chi connectivity index (χ2v) is 5.70. The van der Waals surface area contributed by atoms with Crippen LogP contribution in [0.3, 0.4) is 0 Å². The smallest absolute Gasteiger partial charge is 0.366 e. The van der Waals surface area contributed by atoms with E-state index in [2.05, 4.69) is 15.3 Å². The normalized spacial score (nSPS) is 11.4. The van der Waals surface area contributed by atoms with E-state index >= 15 is 0 Å². The van der Waals surface area contributed by atoms with Crippen LogP contribution in [0.5, 0.6) is 0 Å². The molecule has 0 fully saturated rings. The third-order valence-corrected chi connectivity index (χ3v) is 3.68. The van der Waals surface area contributed by atoms with Crippen LogP contribution >= 0.6 is 11.6 Å². The van der Waals surface area contributed by atoms with Gasteiger partial charge in [-0.15, -0.1) is 0 Å². The molecule has 1 N–H and O–H groups in total. The number of alkyl halides is 3. The standard InChI is InChI=1S/C18H13ClF3N3/c19-15-10-16(23-11-12-4-2-1-3-5-12)25-17(24-15)13-6-8-14(9-7-13)18(20,21)22/h1-10H,11H2,(H,23,24,25). The summed E-state index contributed by atoms with van der Waals surface area (Å²) in [6, 6.07) is 15.9. The Balaban J connectivity index is 1.81. The maximum Gasteiger partial charge on any atom is 0.416 e. The Morgan fingerprint density at radius 3 is 2.24 bits per heavy atom. The van der Waals surface area contributed by atoms with Gasteiger partial charge in [0.2, 0.25) is 0 Å². The molecule has 0 saturated carbocycles. The summed E-state index contributed by atoms with van der Waals surface area (Å²) < 4.78 is 37.9. The number of nitrogens with one attached hydrogen (secondary N) is 1. The van der Waals surface area contributed by atoms with Crippen LogP contribution in [0.1, 0.15) is 11.1 Å².